The third-order valence-corrected chi connectivity index (χ3v) is 10.4. The van der Waals surface area contributed by atoms with E-state index >= 15 is 0 Å². The summed E-state index contributed by atoms with van der Waals surface area (Å²) in [6, 6.07) is 63.0. The van der Waals surface area contributed by atoms with E-state index in [2.05, 4.69) is 132 Å². The molecule has 0 saturated heterocycles. The van der Waals surface area contributed by atoms with Crippen LogP contribution in [-0.2, 0) is 0 Å². The van der Waals surface area contributed by atoms with Crippen molar-refractivity contribution < 1.29 is 4.42 Å². The van der Waals surface area contributed by atoms with Crippen molar-refractivity contribution in [2.75, 3.05) is 0 Å². The largest absolute Gasteiger partial charge is 0.455 e. The van der Waals surface area contributed by atoms with E-state index < -0.39 is 0 Å². The summed E-state index contributed by atoms with van der Waals surface area (Å²) in [6.45, 7) is 0. The maximum atomic E-state index is 6.55. The van der Waals surface area contributed by atoms with Gasteiger partial charge < -0.3 is 8.98 Å². The van der Waals surface area contributed by atoms with Crippen LogP contribution in [0, 0.1) is 0 Å². The lowest BCUT2D eigenvalue weighted by atomic mass is 10.0. The fraction of sp³-hybridized carbons (Fsp3) is 0. The number of pyridine rings is 1. The van der Waals surface area contributed by atoms with Crippen LogP contribution in [0.4, 0.5) is 0 Å². The first-order valence-electron chi connectivity index (χ1n) is 18.1. The molecule has 5 heteroatoms. The highest BCUT2D eigenvalue weighted by atomic mass is 16.3. The monoisotopic (exact) mass is 690 g/mol. The van der Waals surface area contributed by atoms with E-state index in [1.165, 1.54) is 21.8 Å². The number of aromatic nitrogens is 4. The summed E-state index contributed by atoms with van der Waals surface area (Å²) in [5, 5.41) is 5.48. The summed E-state index contributed by atoms with van der Waals surface area (Å²) in [7, 11) is 0. The summed E-state index contributed by atoms with van der Waals surface area (Å²) in [5.74, 6) is 0.628. The van der Waals surface area contributed by atoms with Gasteiger partial charge in [0.25, 0.3) is 0 Å². The molecule has 0 amide bonds. The van der Waals surface area contributed by atoms with E-state index in [-0.39, 0.29) is 0 Å². The Balaban J connectivity index is 1.11. The number of benzene rings is 7. The van der Waals surface area contributed by atoms with Crippen LogP contribution >= 0.6 is 0 Å². The molecule has 0 fully saturated rings. The maximum Gasteiger partial charge on any atom is 0.160 e. The summed E-state index contributed by atoms with van der Waals surface area (Å²) in [6.07, 6.45) is 0. The van der Waals surface area contributed by atoms with Gasteiger partial charge in [-0.3, -0.25) is 0 Å². The van der Waals surface area contributed by atoms with Crippen LogP contribution in [0.1, 0.15) is 0 Å². The van der Waals surface area contributed by atoms with Crippen LogP contribution in [0.25, 0.3) is 105 Å². The molecular formula is C49H30N4O. The van der Waals surface area contributed by atoms with Crippen molar-refractivity contribution in [3.05, 3.63) is 182 Å². The molecule has 4 aromatic heterocycles. The molecule has 7 aromatic carbocycles. The predicted octanol–water partition coefficient (Wildman–Crippen LogP) is 12.7. The maximum absolute atomic E-state index is 6.55. The van der Waals surface area contributed by atoms with E-state index in [1.54, 1.807) is 0 Å². The van der Waals surface area contributed by atoms with E-state index in [0.717, 1.165) is 77.9 Å². The second kappa shape index (κ2) is 12.1. The van der Waals surface area contributed by atoms with Gasteiger partial charge in [-0.2, -0.15) is 0 Å². The molecule has 11 aromatic rings. The average molecular weight is 691 g/mol. The van der Waals surface area contributed by atoms with Gasteiger partial charge in [0.1, 0.15) is 11.2 Å². The number of nitrogens with zero attached hydrogens (tertiary/aromatic N) is 4. The quantitative estimate of drug-likeness (QED) is 0.180. The lowest BCUT2D eigenvalue weighted by molar-refractivity contribution is 0.672. The molecule has 0 aliphatic rings. The SMILES string of the molecule is c1ccc(-c2cc(-c3cccc(-n4c5ccccc5c5ccccc54)c3)nc(-c3ccc4c(c3)nc(-c3ccccc3)c3c5ccccc5oc43)n2)cc1. The molecule has 5 nitrogen and oxygen atoms in total. The number of furan rings is 1. The molecule has 0 unspecified atom stereocenters. The Labute approximate surface area is 310 Å². The molecule has 0 aliphatic heterocycles. The van der Waals surface area contributed by atoms with E-state index in [4.69, 9.17) is 19.4 Å². The van der Waals surface area contributed by atoms with Gasteiger partial charge in [-0.25, -0.2) is 15.0 Å². The summed E-state index contributed by atoms with van der Waals surface area (Å²) < 4.78 is 8.89. The second-order valence-corrected chi connectivity index (χ2v) is 13.6. The Morgan fingerprint density at radius 2 is 1.02 bits per heavy atom. The minimum Gasteiger partial charge on any atom is -0.455 e. The Morgan fingerprint density at radius 1 is 0.407 bits per heavy atom. The molecule has 0 spiro atoms. The van der Waals surface area contributed by atoms with E-state index in [9.17, 15) is 0 Å². The Morgan fingerprint density at radius 3 is 1.76 bits per heavy atom. The Bertz CT molecular complexity index is 3160. The summed E-state index contributed by atoms with van der Waals surface area (Å²) >= 11 is 0. The van der Waals surface area contributed by atoms with Crippen LogP contribution in [0.5, 0.6) is 0 Å². The summed E-state index contributed by atoms with van der Waals surface area (Å²) in [5.41, 5.74) is 12.4. The predicted molar refractivity (Wildman–Crippen MR) is 221 cm³/mol. The first kappa shape index (κ1) is 30.3. The number of fused-ring (bicyclic) bond motifs is 8. The van der Waals surface area contributed by atoms with Crippen molar-refractivity contribution in [3.8, 4) is 50.8 Å². The third kappa shape index (κ3) is 4.83. The van der Waals surface area contributed by atoms with Gasteiger partial charge in [0.2, 0.25) is 0 Å². The highest BCUT2D eigenvalue weighted by Gasteiger charge is 2.19. The van der Waals surface area contributed by atoms with Crippen molar-refractivity contribution >= 4 is 54.6 Å². The lowest BCUT2D eigenvalue weighted by Crippen LogP contribution is -1.98. The van der Waals surface area contributed by atoms with Crippen molar-refractivity contribution in [1.82, 2.24) is 19.5 Å². The van der Waals surface area contributed by atoms with Crippen molar-refractivity contribution in [3.63, 3.8) is 0 Å². The molecule has 11 rings (SSSR count). The molecule has 54 heavy (non-hydrogen) atoms. The van der Waals surface area contributed by atoms with E-state index in [0.29, 0.717) is 5.82 Å². The van der Waals surface area contributed by atoms with Gasteiger partial charge >= 0.3 is 0 Å². The van der Waals surface area contributed by atoms with Crippen molar-refractivity contribution in [2.24, 2.45) is 0 Å². The third-order valence-electron chi connectivity index (χ3n) is 10.4. The highest BCUT2D eigenvalue weighted by molar-refractivity contribution is 6.19. The molecule has 0 aliphatic carbocycles. The van der Waals surface area contributed by atoms with Gasteiger partial charge in [0, 0.05) is 49.5 Å². The molecule has 0 atom stereocenters. The second-order valence-electron chi connectivity index (χ2n) is 13.6. The average Bonchev–Trinajstić information content (AvgIpc) is 3.80. The van der Waals surface area contributed by atoms with Crippen LogP contribution in [0.3, 0.4) is 0 Å². The highest BCUT2D eigenvalue weighted by Crippen LogP contribution is 2.40. The van der Waals surface area contributed by atoms with E-state index in [1.807, 2.05) is 54.6 Å². The minimum absolute atomic E-state index is 0.628. The number of para-hydroxylation sites is 3. The first-order chi connectivity index (χ1) is 26.8. The molecule has 252 valence electrons. The van der Waals surface area contributed by atoms with Gasteiger partial charge in [-0.05, 0) is 48.5 Å². The number of hydrogen-bond acceptors (Lipinski definition) is 4. The molecule has 0 radical (unpaired) electrons. The van der Waals surface area contributed by atoms with Crippen LogP contribution < -0.4 is 0 Å². The Hall–Kier alpha value is -7.37. The zero-order valence-corrected chi connectivity index (χ0v) is 29.0. The number of hydrogen-bond donors (Lipinski definition) is 0. The van der Waals surface area contributed by atoms with Crippen molar-refractivity contribution in [2.45, 2.75) is 0 Å². The molecule has 0 saturated carbocycles. The molecule has 0 N–H and O–H groups in total. The fourth-order valence-corrected chi connectivity index (χ4v) is 7.89. The Kier molecular flexibility index (Phi) is 6.79. The topological polar surface area (TPSA) is 56.7 Å². The minimum atomic E-state index is 0.628. The zero-order valence-electron chi connectivity index (χ0n) is 29.0. The van der Waals surface area contributed by atoms with Gasteiger partial charge in [0.15, 0.2) is 5.82 Å². The van der Waals surface area contributed by atoms with Gasteiger partial charge in [-0.15, -0.1) is 0 Å². The molecule has 4 heterocycles. The standard InChI is InChI=1S/C49H30N4O/c1-3-14-31(15-4-1)40-30-41(33-18-13-19-35(28-33)53-43-23-10-7-20-36(43)37-21-8-11-24-44(37)53)52-49(51-40)34-26-27-38-42(29-34)50-47(32-16-5-2-6-17-32)46-39-22-9-12-25-45(39)54-48(38)46/h1-30H. The number of rotatable bonds is 5. The summed E-state index contributed by atoms with van der Waals surface area (Å²) in [4.78, 5) is 15.7. The van der Waals surface area contributed by atoms with Gasteiger partial charge in [-0.1, -0.05) is 133 Å². The zero-order chi connectivity index (χ0) is 35.6. The van der Waals surface area contributed by atoms with Crippen LogP contribution in [0.2, 0.25) is 0 Å². The lowest BCUT2D eigenvalue weighted by Gasteiger charge is -2.13. The van der Waals surface area contributed by atoms with Crippen LogP contribution in [0.15, 0.2) is 186 Å². The molecule has 0 bridgehead atoms. The van der Waals surface area contributed by atoms with Crippen molar-refractivity contribution in [1.29, 1.82) is 0 Å². The fourth-order valence-electron chi connectivity index (χ4n) is 7.89. The smallest absolute Gasteiger partial charge is 0.160 e. The molecular weight excluding hydrogens is 661 g/mol. The normalized spacial score (nSPS) is 11.7. The first-order valence-corrected chi connectivity index (χ1v) is 18.1. The van der Waals surface area contributed by atoms with Gasteiger partial charge in [0.05, 0.1) is 39.0 Å². The van der Waals surface area contributed by atoms with Crippen LogP contribution in [-0.4, -0.2) is 19.5 Å².